The summed E-state index contributed by atoms with van der Waals surface area (Å²) in [6.45, 7) is 9.19. The Hall–Kier alpha value is -0.310. The molecule has 0 rings (SSSR count). The molecule has 0 aromatic carbocycles. The molecule has 0 aromatic heterocycles. The van der Waals surface area contributed by atoms with Crippen LogP contribution in [0, 0.1) is 5.41 Å². The summed E-state index contributed by atoms with van der Waals surface area (Å²) in [5.74, 6) is 0.168. The molecule has 0 N–H and O–H groups in total. The van der Waals surface area contributed by atoms with Gasteiger partial charge in [-0.05, 0) is 6.92 Å². The largest absolute Gasteiger partial charge is 0.363 e. The quantitative estimate of drug-likeness (QED) is 0.395. The van der Waals surface area contributed by atoms with Crippen molar-refractivity contribution in [3.05, 3.63) is 0 Å². The van der Waals surface area contributed by atoms with Crippen molar-refractivity contribution in [1.82, 2.24) is 0 Å². The summed E-state index contributed by atoms with van der Waals surface area (Å²) in [4.78, 5) is 11.6. The standard InChI is InChI=1S/C11H22O4P/c1-9(6-10(12)11(2,3)4)15-7-14-8-16(5)13/h9H,6-8H2,1-5H3/q+1. The maximum absolute atomic E-state index is 11.6. The van der Waals surface area contributed by atoms with Crippen LogP contribution in [0.2, 0.25) is 0 Å². The van der Waals surface area contributed by atoms with E-state index in [4.69, 9.17) is 9.47 Å². The highest BCUT2D eigenvalue weighted by atomic mass is 31.1. The third-order valence-electron chi connectivity index (χ3n) is 2.02. The lowest BCUT2D eigenvalue weighted by Gasteiger charge is -2.19. The van der Waals surface area contributed by atoms with E-state index in [1.54, 1.807) is 6.66 Å². The highest BCUT2D eigenvalue weighted by Crippen LogP contribution is 2.18. The van der Waals surface area contributed by atoms with Gasteiger partial charge in [-0.3, -0.25) is 4.79 Å². The molecule has 0 aromatic rings. The molecule has 2 unspecified atom stereocenters. The molecule has 4 nitrogen and oxygen atoms in total. The third-order valence-corrected chi connectivity index (χ3v) is 2.56. The van der Waals surface area contributed by atoms with Gasteiger partial charge >= 0.3 is 7.80 Å². The van der Waals surface area contributed by atoms with Gasteiger partial charge in [-0.1, -0.05) is 25.3 Å². The lowest BCUT2D eigenvalue weighted by molar-refractivity contribution is -0.132. The van der Waals surface area contributed by atoms with E-state index in [0.717, 1.165) is 0 Å². The zero-order valence-electron chi connectivity index (χ0n) is 10.8. The van der Waals surface area contributed by atoms with E-state index < -0.39 is 7.80 Å². The first-order valence-corrected chi connectivity index (χ1v) is 7.23. The summed E-state index contributed by atoms with van der Waals surface area (Å²) in [5.41, 5.74) is -0.328. The Kier molecular flexibility index (Phi) is 6.96. The Labute approximate surface area is 98.5 Å². The second-order valence-electron chi connectivity index (χ2n) is 4.93. The SMILES string of the molecule is CC(CC(=O)C(C)(C)C)OCOC[P+](C)=O. The van der Waals surface area contributed by atoms with Crippen molar-refractivity contribution in [1.29, 1.82) is 0 Å². The topological polar surface area (TPSA) is 52.6 Å². The Morgan fingerprint density at radius 3 is 2.38 bits per heavy atom. The number of hydrogen-bond donors (Lipinski definition) is 0. The molecule has 94 valence electrons. The molecule has 0 aliphatic heterocycles. The molecule has 0 saturated carbocycles. The summed E-state index contributed by atoms with van der Waals surface area (Å²) in [6.07, 6.45) is 0.418. The van der Waals surface area contributed by atoms with Gasteiger partial charge in [-0.25, -0.2) is 0 Å². The fourth-order valence-corrected chi connectivity index (χ4v) is 1.29. The van der Waals surface area contributed by atoms with Crippen molar-refractivity contribution >= 4 is 13.6 Å². The molecular weight excluding hydrogens is 227 g/mol. The molecule has 0 bridgehead atoms. The number of ketones is 1. The summed E-state index contributed by atoms with van der Waals surface area (Å²) < 4.78 is 21.0. The predicted molar refractivity (Wildman–Crippen MR) is 64.0 cm³/mol. The Morgan fingerprint density at radius 1 is 1.38 bits per heavy atom. The molecule has 0 amide bonds. The molecular formula is C11H22O4P+. The van der Waals surface area contributed by atoms with Crippen molar-refractivity contribution in [2.45, 2.75) is 40.2 Å². The molecule has 16 heavy (non-hydrogen) atoms. The van der Waals surface area contributed by atoms with Gasteiger partial charge in [-0.15, -0.1) is 0 Å². The molecule has 2 atom stereocenters. The van der Waals surface area contributed by atoms with Crippen LogP contribution in [0.25, 0.3) is 0 Å². The number of carbonyl (C=O) groups is 1. The van der Waals surface area contributed by atoms with Crippen LogP contribution in [-0.4, -0.2) is 31.7 Å². The molecule has 0 saturated heterocycles. The maximum Gasteiger partial charge on any atom is 0.363 e. The van der Waals surface area contributed by atoms with E-state index in [0.29, 0.717) is 6.42 Å². The average molecular weight is 249 g/mol. The summed E-state index contributed by atoms with van der Waals surface area (Å²) in [6, 6.07) is 0. The fourth-order valence-electron chi connectivity index (χ4n) is 0.956. The predicted octanol–water partition coefficient (Wildman–Crippen LogP) is 2.79. The zero-order valence-corrected chi connectivity index (χ0v) is 11.7. The number of rotatable bonds is 7. The minimum Gasteiger partial charge on any atom is -0.352 e. The van der Waals surface area contributed by atoms with E-state index in [1.807, 2.05) is 27.7 Å². The van der Waals surface area contributed by atoms with E-state index >= 15 is 0 Å². The monoisotopic (exact) mass is 249 g/mol. The summed E-state index contributed by atoms with van der Waals surface area (Å²) >= 11 is 0. The molecule has 0 radical (unpaired) electrons. The number of ether oxygens (including phenoxy) is 2. The van der Waals surface area contributed by atoms with Crippen LogP contribution in [0.5, 0.6) is 0 Å². The highest BCUT2D eigenvalue weighted by Gasteiger charge is 2.23. The lowest BCUT2D eigenvalue weighted by Crippen LogP contribution is -2.25. The Bertz CT molecular complexity index is 245. The van der Waals surface area contributed by atoms with Gasteiger partial charge in [0.1, 0.15) is 12.4 Å². The van der Waals surface area contributed by atoms with Crippen LogP contribution >= 0.6 is 7.80 Å². The van der Waals surface area contributed by atoms with Gasteiger partial charge in [0.25, 0.3) is 0 Å². The van der Waals surface area contributed by atoms with Crippen molar-refractivity contribution < 1.29 is 18.8 Å². The fraction of sp³-hybridized carbons (Fsp3) is 0.909. The minimum absolute atomic E-state index is 0.0908. The van der Waals surface area contributed by atoms with E-state index in [2.05, 4.69) is 0 Å². The number of carbonyl (C=O) groups excluding carboxylic acids is 1. The smallest absolute Gasteiger partial charge is 0.352 e. The Morgan fingerprint density at radius 2 is 1.94 bits per heavy atom. The van der Waals surface area contributed by atoms with Crippen molar-refractivity contribution in [2.24, 2.45) is 5.41 Å². The van der Waals surface area contributed by atoms with Gasteiger partial charge in [0.15, 0.2) is 6.79 Å². The van der Waals surface area contributed by atoms with Gasteiger partial charge in [0.05, 0.1) is 6.10 Å². The van der Waals surface area contributed by atoms with Crippen LogP contribution in [-0.2, 0) is 18.8 Å². The number of Topliss-reactive ketones (excluding diaryl/α,β-unsaturated/α-hetero) is 1. The Balaban J connectivity index is 3.71. The molecule has 0 heterocycles. The van der Waals surface area contributed by atoms with Crippen LogP contribution < -0.4 is 0 Å². The van der Waals surface area contributed by atoms with Gasteiger partial charge in [0, 0.05) is 11.8 Å². The van der Waals surface area contributed by atoms with E-state index in [1.165, 1.54) is 0 Å². The summed E-state index contributed by atoms with van der Waals surface area (Å²) in [7, 11) is -1.29. The minimum atomic E-state index is -1.29. The van der Waals surface area contributed by atoms with E-state index in [-0.39, 0.29) is 30.4 Å². The first-order valence-electron chi connectivity index (χ1n) is 5.34. The van der Waals surface area contributed by atoms with Gasteiger partial charge in [0.2, 0.25) is 6.35 Å². The van der Waals surface area contributed by atoms with Gasteiger partial charge < -0.3 is 9.47 Å². The molecule has 0 aliphatic rings. The van der Waals surface area contributed by atoms with Crippen molar-refractivity contribution in [3.63, 3.8) is 0 Å². The van der Waals surface area contributed by atoms with Crippen LogP contribution in [0.1, 0.15) is 34.1 Å². The van der Waals surface area contributed by atoms with Crippen molar-refractivity contribution in [3.8, 4) is 0 Å². The summed E-state index contributed by atoms with van der Waals surface area (Å²) in [5, 5.41) is 0. The molecule has 5 heteroatoms. The normalized spacial score (nSPS) is 14.7. The van der Waals surface area contributed by atoms with Crippen LogP contribution in [0.15, 0.2) is 0 Å². The molecule has 0 fully saturated rings. The second-order valence-corrected chi connectivity index (χ2v) is 6.45. The highest BCUT2D eigenvalue weighted by molar-refractivity contribution is 7.43. The zero-order chi connectivity index (χ0) is 12.8. The molecule has 0 aliphatic carbocycles. The first-order chi connectivity index (χ1) is 7.23. The lowest BCUT2D eigenvalue weighted by atomic mass is 9.88. The van der Waals surface area contributed by atoms with Crippen LogP contribution in [0.4, 0.5) is 0 Å². The van der Waals surface area contributed by atoms with Gasteiger partial charge in [-0.2, -0.15) is 0 Å². The van der Waals surface area contributed by atoms with Crippen molar-refractivity contribution in [2.75, 3.05) is 19.8 Å². The second kappa shape index (κ2) is 7.10. The van der Waals surface area contributed by atoms with E-state index in [9.17, 15) is 9.36 Å². The first kappa shape index (κ1) is 15.7. The average Bonchev–Trinajstić information content (AvgIpc) is 2.10. The third kappa shape index (κ3) is 7.91. The van der Waals surface area contributed by atoms with Crippen LogP contribution in [0.3, 0.4) is 0 Å². The number of hydrogen-bond acceptors (Lipinski definition) is 4. The maximum atomic E-state index is 11.6. The molecule has 0 spiro atoms.